The molecular weight excluding hydrogens is 312 g/mol. The summed E-state index contributed by atoms with van der Waals surface area (Å²) in [6.07, 6.45) is 1.44. The number of aryl methyl sites for hydroxylation is 2. The molecule has 0 atom stereocenters. The first-order chi connectivity index (χ1) is 11.4. The summed E-state index contributed by atoms with van der Waals surface area (Å²) in [7, 11) is 4.62. The van der Waals surface area contributed by atoms with Crippen molar-refractivity contribution in [2.75, 3.05) is 5.43 Å². The molecule has 0 unspecified atom stereocenters. The van der Waals surface area contributed by atoms with Crippen molar-refractivity contribution in [3.63, 3.8) is 0 Å². The van der Waals surface area contributed by atoms with Gasteiger partial charge in [-0.05, 0) is 12.1 Å². The van der Waals surface area contributed by atoms with Gasteiger partial charge in [0.1, 0.15) is 5.75 Å². The lowest BCUT2D eigenvalue weighted by Gasteiger charge is -2.03. The number of hydrogen-bond acceptors (Lipinski definition) is 6. The molecule has 3 aromatic rings. The summed E-state index contributed by atoms with van der Waals surface area (Å²) in [4.78, 5) is 28.5. The van der Waals surface area contributed by atoms with E-state index in [-0.39, 0.29) is 11.4 Å². The maximum atomic E-state index is 12.3. The van der Waals surface area contributed by atoms with Crippen LogP contribution in [0.4, 0.5) is 5.95 Å². The predicted octanol–water partition coefficient (Wildman–Crippen LogP) is 0.122. The van der Waals surface area contributed by atoms with E-state index in [1.165, 1.54) is 22.4 Å². The van der Waals surface area contributed by atoms with Gasteiger partial charge in [-0.25, -0.2) is 10.2 Å². The highest BCUT2D eigenvalue weighted by molar-refractivity contribution is 5.83. The van der Waals surface area contributed by atoms with E-state index in [1.54, 1.807) is 38.4 Å². The zero-order valence-corrected chi connectivity index (χ0v) is 13.4. The minimum absolute atomic E-state index is 0.101. The molecule has 0 bridgehead atoms. The van der Waals surface area contributed by atoms with Crippen LogP contribution in [0.3, 0.4) is 0 Å². The molecule has 1 aromatic carbocycles. The van der Waals surface area contributed by atoms with Gasteiger partial charge < -0.3 is 9.67 Å². The van der Waals surface area contributed by atoms with Crippen LogP contribution < -0.4 is 16.7 Å². The molecule has 0 aliphatic heterocycles. The zero-order chi connectivity index (χ0) is 17.4. The third-order valence-corrected chi connectivity index (χ3v) is 3.78. The molecular formula is C15H16N6O3. The van der Waals surface area contributed by atoms with Gasteiger partial charge >= 0.3 is 5.69 Å². The average molecular weight is 328 g/mol. The molecule has 2 heterocycles. The second kappa shape index (κ2) is 5.69. The number of nitrogens with zero attached hydrogens (tertiary/aromatic N) is 5. The van der Waals surface area contributed by atoms with Crippen LogP contribution in [-0.2, 0) is 21.1 Å². The molecule has 0 saturated carbocycles. The molecule has 0 aliphatic rings. The van der Waals surface area contributed by atoms with Gasteiger partial charge in [0.25, 0.3) is 5.56 Å². The van der Waals surface area contributed by atoms with Gasteiger partial charge in [0.15, 0.2) is 11.2 Å². The van der Waals surface area contributed by atoms with Crippen LogP contribution in [0.25, 0.3) is 11.2 Å². The van der Waals surface area contributed by atoms with Crippen LogP contribution in [0.15, 0.2) is 39.0 Å². The van der Waals surface area contributed by atoms with E-state index in [1.807, 2.05) is 0 Å². The molecule has 0 fully saturated rings. The van der Waals surface area contributed by atoms with Crippen LogP contribution in [0, 0.1) is 0 Å². The Morgan fingerprint density at radius 1 is 1.12 bits per heavy atom. The Kier molecular flexibility index (Phi) is 3.68. The summed E-state index contributed by atoms with van der Waals surface area (Å²) in [5.74, 6) is 0.402. The highest BCUT2D eigenvalue weighted by Crippen LogP contribution is 2.15. The Hall–Kier alpha value is -3.36. The van der Waals surface area contributed by atoms with Crippen LogP contribution in [0.5, 0.6) is 5.75 Å². The Morgan fingerprint density at radius 2 is 1.83 bits per heavy atom. The molecule has 0 amide bonds. The van der Waals surface area contributed by atoms with E-state index < -0.39 is 11.2 Å². The Balaban J connectivity index is 2.03. The number of imidazole rings is 1. The number of fused-ring (bicyclic) bond motifs is 1. The second-order valence-electron chi connectivity index (χ2n) is 5.30. The number of nitrogens with one attached hydrogen (secondary N) is 1. The number of anilines is 1. The third-order valence-electron chi connectivity index (χ3n) is 3.78. The summed E-state index contributed by atoms with van der Waals surface area (Å²) in [5.41, 5.74) is 2.93. The lowest BCUT2D eigenvalue weighted by atomic mass is 10.2. The summed E-state index contributed by atoms with van der Waals surface area (Å²) in [6, 6.07) is 6.74. The van der Waals surface area contributed by atoms with Gasteiger partial charge in [-0.2, -0.15) is 10.1 Å². The first-order valence-electron chi connectivity index (χ1n) is 7.11. The standard InChI is InChI=1S/C15H16N6O3/c1-19-11-12(20(2)15(24)21(3)13(11)23)17-14(19)18-16-8-9-6-4-5-7-10(9)22/h4-8,22H,1-3H3,(H,17,18). The van der Waals surface area contributed by atoms with Gasteiger partial charge in [0.2, 0.25) is 5.95 Å². The normalized spacial score (nSPS) is 11.5. The predicted molar refractivity (Wildman–Crippen MR) is 90.5 cm³/mol. The first-order valence-corrected chi connectivity index (χ1v) is 7.11. The summed E-state index contributed by atoms with van der Waals surface area (Å²) in [5, 5.41) is 13.7. The number of phenols is 1. The summed E-state index contributed by atoms with van der Waals surface area (Å²) < 4.78 is 3.85. The zero-order valence-electron chi connectivity index (χ0n) is 13.4. The quantitative estimate of drug-likeness (QED) is 0.525. The SMILES string of the molecule is Cn1c(=O)c2c(nc(NN=Cc3ccccc3O)n2C)n(C)c1=O. The number of phenolic OH excluding ortho intramolecular Hbond substituents is 1. The maximum Gasteiger partial charge on any atom is 0.332 e. The van der Waals surface area contributed by atoms with Crippen molar-refractivity contribution in [2.24, 2.45) is 26.2 Å². The van der Waals surface area contributed by atoms with Crippen molar-refractivity contribution in [1.82, 2.24) is 18.7 Å². The van der Waals surface area contributed by atoms with E-state index in [2.05, 4.69) is 15.5 Å². The molecule has 0 saturated heterocycles. The van der Waals surface area contributed by atoms with E-state index in [0.717, 1.165) is 4.57 Å². The molecule has 2 aromatic heterocycles. The van der Waals surface area contributed by atoms with Crippen LogP contribution in [-0.4, -0.2) is 30.0 Å². The number of aromatic hydroxyl groups is 1. The van der Waals surface area contributed by atoms with E-state index in [9.17, 15) is 14.7 Å². The van der Waals surface area contributed by atoms with Gasteiger partial charge in [-0.15, -0.1) is 0 Å². The van der Waals surface area contributed by atoms with Crippen molar-refractivity contribution < 1.29 is 5.11 Å². The molecule has 24 heavy (non-hydrogen) atoms. The Morgan fingerprint density at radius 3 is 2.54 bits per heavy atom. The monoisotopic (exact) mass is 328 g/mol. The van der Waals surface area contributed by atoms with Crippen LogP contribution in [0.1, 0.15) is 5.56 Å². The smallest absolute Gasteiger partial charge is 0.332 e. The first kappa shape index (κ1) is 15.5. The summed E-state index contributed by atoms with van der Waals surface area (Å²) in [6.45, 7) is 0. The fourth-order valence-corrected chi connectivity index (χ4v) is 2.37. The van der Waals surface area contributed by atoms with Crippen molar-refractivity contribution in [2.45, 2.75) is 0 Å². The third kappa shape index (κ3) is 2.35. The number of benzene rings is 1. The second-order valence-corrected chi connectivity index (χ2v) is 5.30. The minimum atomic E-state index is -0.449. The van der Waals surface area contributed by atoms with Crippen molar-refractivity contribution >= 4 is 23.3 Å². The Labute approximate surface area is 136 Å². The lowest BCUT2D eigenvalue weighted by Crippen LogP contribution is -2.37. The number of hydrazone groups is 1. The Bertz CT molecular complexity index is 1070. The molecule has 0 radical (unpaired) electrons. The van der Waals surface area contributed by atoms with E-state index in [4.69, 9.17) is 0 Å². The molecule has 3 rings (SSSR count). The van der Waals surface area contributed by atoms with Crippen molar-refractivity contribution in [1.29, 1.82) is 0 Å². The largest absolute Gasteiger partial charge is 0.507 e. The van der Waals surface area contributed by atoms with E-state index >= 15 is 0 Å². The number of aromatic nitrogens is 4. The molecule has 9 heteroatoms. The van der Waals surface area contributed by atoms with Crippen molar-refractivity contribution in [3.05, 3.63) is 50.7 Å². The van der Waals surface area contributed by atoms with Gasteiger partial charge in [0.05, 0.1) is 6.21 Å². The highest BCUT2D eigenvalue weighted by Gasteiger charge is 2.16. The van der Waals surface area contributed by atoms with Gasteiger partial charge in [0, 0.05) is 26.7 Å². The number of rotatable bonds is 3. The lowest BCUT2D eigenvalue weighted by molar-refractivity contribution is 0.474. The number of para-hydroxylation sites is 1. The highest BCUT2D eigenvalue weighted by atomic mass is 16.3. The molecule has 0 spiro atoms. The fraction of sp³-hybridized carbons (Fsp3) is 0.200. The molecule has 9 nitrogen and oxygen atoms in total. The van der Waals surface area contributed by atoms with Gasteiger partial charge in [-0.1, -0.05) is 12.1 Å². The maximum absolute atomic E-state index is 12.3. The molecule has 2 N–H and O–H groups in total. The fourth-order valence-electron chi connectivity index (χ4n) is 2.37. The minimum Gasteiger partial charge on any atom is -0.507 e. The average Bonchev–Trinajstić information content (AvgIpc) is 2.90. The van der Waals surface area contributed by atoms with E-state index in [0.29, 0.717) is 17.0 Å². The van der Waals surface area contributed by atoms with Crippen molar-refractivity contribution in [3.8, 4) is 5.75 Å². The van der Waals surface area contributed by atoms with Crippen LogP contribution >= 0.6 is 0 Å². The summed E-state index contributed by atoms with van der Waals surface area (Å²) >= 11 is 0. The molecule has 0 aliphatic carbocycles. The van der Waals surface area contributed by atoms with Gasteiger partial charge in [-0.3, -0.25) is 13.9 Å². The number of hydrogen-bond donors (Lipinski definition) is 2. The topological polar surface area (TPSA) is 106 Å². The van der Waals surface area contributed by atoms with Crippen LogP contribution in [0.2, 0.25) is 0 Å². The molecule has 124 valence electrons.